The predicted octanol–water partition coefficient (Wildman–Crippen LogP) is 4.93. The summed E-state index contributed by atoms with van der Waals surface area (Å²) >= 11 is 0. The molecule has 3 heterocycles. The van der Waals surface area contributed by atoms with Crippen molar-refractivity contribution in [2.24, 2.45) is 0 Å². The maximum absolute atomic E-state index is 12.0. The number of hydrogen-bond donors (Lipinski definition) is 1. The highest BCUT2D eigenvalue weighted by Gasteiger charge is 2.41. The van der Waals surface area contributed by atoms with Crippen LogP contribution in [0.15, 0.2) is 84.7 Å². The van der Waals surface area contributed by atoms with Crippen LogP contribution in [0.3, 0.4) is 0 Å². The topological polar surface area (TPSA) is 78.3 Å². The van der Waals surface area contributed by atoms with Crippen molar-refractivity contribution >= 4 is 17.6 Å². The highest BCUT2D eigenvalue weighted by molar-refractivity contribution is 5.89. The van der Waals surface area contributed by atoms with Crippen LogP contribution in [0.4, 0.5) is 5.95 Å². The number of benzene rings is 3. The van der Waals surface area contributed by atoms with Crippen molar-refractivity contribution < 1.29 is 14.3 Å². The summed E-state index contributed by atoms with van der Waals surface area (Å²) in [7, 11) is 1.38. The number of nitrogens with one attached hydrogen (secondary N) is 1. The molecule has 0 radical (unpaired) electrons. The van der Waals surface area contributed by atoms with Gasteiger partial charge in [0.25, 0.3) is 0 Å². The molecule has 7 heteroatoms. The van der Waals surface area contributed by atoms with E-state index in [4.69, 9.17) is 9.47 Å². The Morgan fingerprint density at radius 3 is 2.59 bits per heavy atom. The van der Waals surface area contributed by atoms with E-state index in [1.54, 1.807) is 18.5 Å². The third-order valence-electron chi connectivity index (χ3n) is 6.44. The van der Waals surface area contributed by atoms with Crippen molar-refractivity contribution in [1.82, 2.24) is 14.8 Å². The zero-order chi connectivity index (χ0) is 23.2. The van der Waals surface area contributed by atoms with Gasteiger partial charge in [0, 0.05) is 11.1 Å². The number of rotatable bonds is 3. The Kier molecular flexibility index (Phi) is 4.69. The number of ether oxygens (including phenoxy) is 2. The molecule has 0 amide bonds. The Hall–Kier alpha value is -4.39. The first-order chi connectivity index (χ1) is 16.7. The van der Waals surface area contributed by atoms with Gasteiger partial charge in [0.05, 0.1) is 18.4 Å². The molecular weight excluding hydrogens is 428 g/mol. The average molecular weight is 450 g/mol. The maximum Gasteiger partial charge on any atom is 0.337 e. The van der Waals surface area contributed by atoms with Gasteiger partial charge in [-0.25, -0.2) is 9.48 Å². The smallest absolute Gasteiger partial charge is 0.337 e. The summed E-state index contributed by atoms with van der Waals surface area (Å²) in [6.07, 6.45) is 1.17. The third kappa shape index (κ3) is 3.08. The molecule has 4 aromatic rings. The number of nitrogens with zero attached hydrogens (tertiary/aromatic N) is 3. The van der Waals surface area contributed by atoms with Crippen molar-refractivity contribution in [3.8, 4) is 5.75 Å². The second-order valence-electron chi connectivity index (χ2n) is 8.35. The fourth-order valence-electron chi connectivity index (χ4n) is 4.80. The van der Waals surface area contributed by atoms with E-state index in [2.05, 4.69) is 40.5 Å². The second-order valence-corrected chi connectivity index (χ2v) is 8.35. The average Bonchev–Trinajstić information content (AvgIpc) is 3.35. The van der Waals surface area contributed by atoms with Crippen LogP contribution in [0.25, 0.3) is 5.70 Å². The lowest BCUT2D eigenvalue weighted by Gasteiger charge is -2.39. The van der Waals surface area contributed by atoms with Crippen molar-refractivity contribution in [3.05, 3.63) is 113 Å². The van der Waals surface area contributed by atoms with Gasteiger partial charge in [-0.3, -0.25) is 0 Å². The van der Waals surface area contributed by atoms with Gasteiger partial charge >= 0.3 is 5.97 Å². The zero-order valence-electron chi connectivity index (χ0n) is 18.7. The first-order valence-corrected chi connectivity index (χ1v) is 11.1. The van der Waals surface area contributed by atoms with Gasteiger partial charge < -0.3 is 14.8 Å². The molecule has 6 rings (SSSR count). The van der Waals surface area contributed by atoms with E-state index >= 15 is 0 Å². The van der Waals surface area contributed by atoms with E-state index in [-0.39, 0.29) is 12.0 Å². The van der Waals surface area contributed by atoms with Crippen LogP contribution in [-0.4, -0.2) is 27.8 Å². The summed E-state index contributed by atoms with van der Waals surface area (Å²) < 4.78 is 13.4. The molecule has 0 saturated carbocycles. The summed E-state index contributed by atoms with van der Waals surface area (Å²) in [5.74, 6) is 1.10. The van der Waals surface area contributed by atoms with Crippen LogP contribution in [0.1, 0.15) is 44.8 Å². The van der Waals surface area contributed by atoms with E-state index in [1.165, 1.54) is 7.11 Å². The van der Waals surface area contributed by atoms with Gasteiger partial charge in [-0.05, 0) is 47.9 Å². The van der Waals surface area contributed by atoms with Gasteiger partial charge in [-0.1, -0.05) is 48.5 Å². The van der Waals surface area contributed by atoms with E-state index in [1.807, 2.05) is 47.1 Å². The Bertz CT molecular complexity index is 1440. The van der Waals surface area contributed by atoms with Gasteiger partial charge in [0.2, 0.25) is 5.95 Å². The normalized spacial score (nSPS) is 18.2. The quantitative estimate of drug-likeness (QED) is 0.446. The highest BCUT2D eigenvalue weighted by Crippen LogP contribution is 2.50. The summed E-state index contributed by atoms with van der Waals surface area (Å²) in [5, 5.41) is 8.08. The molecule has 2 aliphatic rings. The molecule has 0 spiro atoms. The largest absolute Gasteiger partial charge is 0.480 e. The molecule has 1 aromatic heterocycles. The number of carbonyl (C=O) groups excluding carboxylic acids is 1. The number of esters is 1. The maximum atomic E-state index is 12.0. The molecule has 0 fully saturated rings. The number of aromatic nitrogens is 3. The third-order valence-corrected chi connectivity index (χ3v) is 6.44. The van der Waals surface area contributed by atoms with Crippen LogP contribution < -0.4 is 10.1 Å². The molecule has 34 heavy (non-hydrogen) atoms. The van der Waals surface area contributed by atoms with Gasteiger partial charge in [0.1, 0.15) is 24.2 Å². The summed E-state index contributed by atoms with van der Waals surface area (Å²) in [6, 6.07) is 23.5. The monoisotopic (exact) mass is 450 g/mol. The standard InChI is InChI=1S/C27H22N4O3/c1-16-7-3-4-8-19(16)24-22-23(30-27-28-15-29-31(24)27)20-9-5-6-10-21(20)34-25(22)17-11-13-18(14-12-17)26(32)33-2/h3-15,24-25H,1-2H3,(H,28,29,30)/t24-,25-/m0/s1. The lowest BCUT2D eigenvalue weighted by Crippen LogP contribution is -2.32. The molecule has 0 aliphatic carbocycles. The van der Waals surface area contributed by atoms with Gasteiger partial charge in [-0.15, -0.1) is 0 Å². The van der Waals surface area contributed by atoms with Crippen molar-refractivity contribution in [1.29, 1.82) is 0 Å². The molecule has 7 nitrogen and oxygen atoms in total. The SMILES string of the molecule is COC(=O)c1ccc([C@@H]2Oc3ccccc3C3=C2[C@H](c2ccccc2C)n2ncnc2N3)cc1. The van der Waals surface area contributed by atoms with E-state index in [9.17, 15) is 4.79 Å². The molecule has 0 bridgehead atoms. The Balaban J connectivity index is 1.58. The number of hydrogen-bond acceptors (Lipinski definition) is 6. The molecule has 2 aliphatic heterocycles. The van der Waals surface area contributed by atoms with Gasteiger partial charge in [0.15, 0.2) is 0 Å². The van der Waals surface area contributed by atoms with Crippen LogP contribution in [0.5, 0.6) is 5.75 Å². The zero-order valence-corrected chi connectivity index (χ0v) is 18.7. The minimum absolute atomic E-state index is 0.214. The van der Waals surface area contributed by atoms with Crippen molar-refractivity contribution in [3.63, 3.8) is 0 Å². The lowest BCUT2D eigenvalue weighted by molar-refractivity contribution is 0.0600. The lowest BCUT2D eigenvalue weighted by atomic mass is 9.83. The highest BCUT2D eigenvalue weighted by atomic mass is 16.5. The van der Waals surface area contributed by atoms with Crippen LogP contribution >= 0.6 is 0 Å². The van der Waals surface area contributed by atoms with Crippen molar-refractivity contribution in [2.45, 2.75) is 19.1 Å². The summed E-state index contributed by atoms with van der Waals surface area (Å²) in [5.41, 5.74) is 6.69. The van der Waals surface area contributed by atoms with E-state index in [0.29, 0.717) is 11.5 Å². The molecule has 0 saturated heterocycles. The molecule has 1 N–H and O–H groups in total. The van der Waals surface area contributed by atoms with E-state index < -0.39 is 6.10 Å². The second kappa shape index (κ2) is 7.88. The number of para-hydroxylation sites is 1. The minimum atomic E-state index is -0.397. The van der Waals surface area contributed by atoms with Crippen LogP contribution in [0.2, 0.25) is 0 Å². The summed E-state index contributed by atoms with van der Waals surface area (Å²) in [4.78, 5) is 16.5. The predicted molar refractivity (Wildman–Crippen MR) is 127 cm³/mol. The molecule has 0 unspecified atom stereocenters. The molecular formula is C27H22N4O3. The Morgan fingerprint density at radius 1 is 1.03 bits per heavy atom. The first-order valence-electron chi connectivity index (χ1n) is 11.1. The molecule has 2 atom stereocenters. The fraction of sp³-hybridized carbons (Fsp3) is 0.148. The summed E-state index contributed by atoms with van der Waals surface area (Å²) in [6.45, 7) is 2.10. The first kappa shape index (κ1) is 20.2. The van der Waals surface area contributed by atoms with Crippen LogP contribution in [-0.2, 0) is 4.74 Å². The van der Waals surface area contributed by atoms with Gasteiger partial charge in [-0.2, -0.15) is 10.1 Å². The Morgan fingerprint density at radius 2 is 1.79 bits per heavy atom. The van der Waals surface area contributed by atoms with E-state index in [0.717, 1.165) is 39.3 Å². The minimum Gasteiger partial charge on any atom is -0.480 e. The van der Waals surface area contributed by atoms with Crippen molar-refractivity contribution in [2.75, 3.05) is 12.4 Å². The number of aryl methyl sites for hydroxylation is 1. The Labute approximate surface area is 196 Å². The number of methoxy groups -OCH3 is 1. The number of carbonyl (C=O) groups is 1. The number of fused-ring (bicyclic) bond motifs is 3. The fourth-order valence-corrected chi connectivity index (χ4v) is 4.80. The molecule has 3 aromatic carbocycles. The molecule has 168 valence electrons. The number of anilines is 1. The van der Waals surface area contributed by atoms with Crippen LogP contribution in [0, 0.1) is 6.92 Å².